The van der Waals surface area contributed by atoms with Crippen molar-refractivity contribution in [1.82, 2.24) is 19.7 Å². The second-order valence-electron chi connectivity index (χ2n) is 9.78. The summed E-state index contributed by atoms with van der Waals surface area (Å²) < 4.78 is 34.4. The maximum Gasteiger partial charge on any atom is 0.284 e. The second kappa shape index (κ2) is 10.3. The molecule has 2 N–H and O–H groups in total. The number of alkyl halides is 2. The number of aliphatic hydroxyl groups excluding tert-OH is 1. The molecule has 1 amide bonds. The van der Waals surface area contributed by atoms with Gasteiger partial charge in [0, 0.05) is 38.2 Å². The second-order valence-corrected chi connectivity index (χ2v) is 9.78. The molecule has 3 heterocycles. The van der Waals surface area contributed by atoms with E-state index in [-0.39, 0.29) is 35.8 Å². The predicted octanol–water partition coefficient (Wildman–Crippen LogP) is 4.69. The first-order valence-corrected chi connectivity index (χ1v) is 12.3. The van der Waals surface area contributed by atoms with E-state index in [9.17, 15) is 18.7 Å². The van der Waals surface area contributed by atoms with E-state index < -0.39 is 18.0 Å². The Morgan fingerprint density at radius 1 is 1.25 bits per heavy atom. The quantitative estimate of drug-likeness (QED) is 0.439. The first kappa shape index (κ1) is 24.4. The van der Waals surface area contributed by atoms with Crippen molar-refractivity contribution < 1.29 is 23.1 Å². The van der Waals surface area contributed by atoms with Crippen LogP contribution in [0.1, 0.15) is 67.2 Å². The molecule has 5 rings (SSSR count). The summed E-state index contributed by atoms with van der Waals surface area (Å²) in [5.41, 5.74) is 0.123. The first-order chi connectivity index (χ1) is 17.4. The van der Waals surface area contributed by atoms with Gasteiger partial charge in [0.1, 0.15) is 12.1 Å². The summed E-state index contributed by atoms with van der Waals surface area (Å²) in [4.78, 5) is 23.6. The number of carbonyl (C=O) groups excluding carboxylic acids is 1. The number of carbonyl (C=O) groups is 1. The van der Waals surface area contributed by atoms with Crippen LogP contribution in [-0.2, 0) is 0 Å². The molecule has 2 aliphatic rings. The third kappa shape index (κ3) is 5.40. The molecule has 0 spiro atoms. The molecule has 3 aromatic heterocycles. The van der Waals surface area contributed by atoms with Crippen LogP contribution in [0.3, 0.4) is 0 Å². The first-order valence-electron chi connectivity index (χ1n) is 12.3. The van der Waals surface area contributed by atoms with E-state index in [1.807, 2.05) is 13.1 Å². The average molecular weight is 501 g/mol. The number of hydrogen-bond acceptors (Lipinski definition) is 7. The van der Waals surface area contributed by atoms with Crippen LogP contribution in [0.25, 0.3) is 11.5 Å². The summed E-state index contributed by atoms with van der Waals surface area (Å²) in [5.74, 6) is 1.31. The van der Waals surface area contributed by atoms with E-state index in [4.69, 9.17) is 4.42 Å². The highest BCUT2D eigenvalue weighted by Crippen LogP contribution is 2.35. The summed E-state index contributed by atoms with van der Waals surface area (Å²) >= 11 is 0. The molecule has 0 aliphatic heterocycles. The van der Waals surface area contributed by atoms with Gasteiger partial charge in [-0.05, 0) is 62.5 Å². The zero-order valence-electron chi connectivity index (χ0n) is 20.1. The van der Waals surface area contributed by atoms with E-state index in [1.165, 1.54) is 30.0 Å². The number of nitrogens with zero attached hydrogens (tertiary/aromatic N) is 5. The highest BCUT2D eigenvalue weighted by molar-refractivity contribution is 6.03. The van der Waals surface area contributed by atoms with Gasteiger partial charge in [0.15, 0.2) is 11.4 Å². The van der Waals surface area contributed by atoms with Crippen molar-refractivity contribution in [2.75, 3.05) is 30.4 Å². The number of amides is 1. The lowest BCUT2D eigenvalue weighted by molar-refractivity contribution is 0.102. The Hall–Kier alpha value is -3.34. The van der Waals surface area contributed by atoms with Crippen LogP contribution in [0.15, 0.2) is 35.2 Å². The summed E-state index contributed by atoms with van der Waals surface area (Å²) in [5, 5.41) is 15.9. The third-order valence-corrected chi connectivity index (χ3v) is 7.01. The number of aliphatic hydroxyl groups is 1. The molecule has 0 unspecified atom stereocenters. The SMILES string of the molecule is CN(CC1CC1)c1cc(-c2nc(C(=O)Nc3cn(C4CCC(CO)CC4)nc3C(F)F)co2)ccn1. The predicted molar refractivity (Wildman–Crippen MR) is 129 cm³/mol. The Labute approximate surface area is 207 Å². The molecule has 11 heteroatoms. The normalized spacial score (nSPS) is 20.0. The summed E-state index contributed by atoms with van der Waals surface area (Å²) in [6.07, 6.45) is 7.04. The Morgan fingerprint density at radius 3 is 2.69 bits per heavy atom. The van der Waals surface area contributed by atoms with Crippen molar-refractivity contribution in [3.63, 3.8) is 0 Å². The average Bonchev–Trinajstić information content (AvgIpc) is 3.39. The number of pyridine rings is 1. The molecule has 0 bridgehead atoms. The fourth-order valence-electron chi connectivity index (χ4n) is 4.68. The molecule has 2 aliphatic carbocycles. The number of hydrogen-bond donors (Lipinski definition) is 2. The van der Waals surface area contributed by atoms with Crippen LogP contribution in [0.4, 0.5) is 20.3 Å². The highest BCUT2D eigenvalue weighted by Gasteiger charge is 2.27. The van der Waals surface area contributed by atoms with E-state index in [1.54, 1.807) is 12.3 Å². The summed E-state index contributed by atoms with van der Waals surface area (Å²) in [6.45, 7) is 1.06. The number of anilines is 2. The molecular weight excluding hydrogens is 470 g/mol. The standard InChI is InChI=1S/C25H30F2N6O3/c1-32(11-15-2-3-15)21-10-17(8-9-28-21)25-30-20(14-36-25)24(35)29-19-12-33(31-22(19)23(26)27)18-6-4-16(13-34)5-7-18/h8-10,12,14-16,18,23,34H,2-7,11,13H2,1H3,(H,29,35). The maximum absolute atomic E-state index is 13.7. The molecule has 3 aromatic rings. The zero-order valence-corrected chi connectivity index (χ0v) is 20.1. The van der Waals surface area contributed by atoms with E-state index in [0.717, 1.165) is 38.0 Å². The van der Waals surface area contributed by atoms with Gasteiger partial charge in [0.25, 0.3) is 12.3 Å². The third-order valence-electron chi connectivity index (χ3n) is 7.01. The molecule has 2 saturated carbocycles. The minimum Gasteiger partial charge on any atom is -0.444 e. The zero-order chi connectivity index (χ0) is 25.2. The number of rotatable bonds is 9. The Balaban J connectivity index is 1.29. The van der Waals surface area contributed by atoms with Crippen molar-refractivity contribution in [3.05, 3.63) is 42.2 Å². The van der Waals surface area contributed by atoms with Crippen LogP contribution in [0.5, 0.6) is 0 Å². The molecule has 0 atom stereocenters. The maximum atomic E-state index is 13.7. The van der Waals surface area contributed by atoms with Gasteiger partial charge in [0.05, 0.1) is 11.7 Å². The molecule has 2 fully saturated rings. The van der Waals surface area contributed by atoms with Crippen LogP contribution >= 0.6 is 0 Å². The fraction of sp³-hybridized carbons (Fsp3) is 0.520. The largest absolute Gasteiger partial charge is 0.444 e. The lowest BCUT2D eigenvalue weighted by Crippen LogP contribution is -2.20. The summed E-state index contributed by atoms with van der Waals surface area (Å²) in [7, 11) is 1.98. The van der Waals surface area contributed by atoms with Crippen molar-refractivity contribution in [3.8, 4) is 11.5 Å². The fourth-order valence-corrected chi connectivity index (χ4v) is 4.68. The highest BCUT2D eigenvalue weighted by atomic mass is 19.3. The molecule has 0 saturated heterocycles. The van der Waals surface area contributed by atoms with Gasteiger partial charge < -0.3 is 19.7 Å². The topological polar surface area (TPSA) is 109 Å². The lowest BCUT2D eigenvalue weighted by Gasteiger charge is -2.27. The van der Waals surface area contributed by atoms with Crippen molar-refractivity contribution in [2.24, 2.45) is 11.8 Å². The minimum atomic E-state index is -2.84. The van der Waals surface area contributed by atoms with E-state index in [2.05, 4.69) is 25.3 Å². The van der Waals surface area contributed by atoms with Crippen LogP contribution < -0.4 is 10.2 Å². The molecular formula is C25H30F2N6O3. The van der Waals surface area contributed by atoms with E-state index >= 15 is 0 Å². The molecule has 9 nitrogen and oxygen atoms in total. The Morgan fingerprint density at radius 2 is 2.00 bits per heavy atom. The minimum absolute atomic E-state index is 0.0221. The van der Waals surface area contributed by atoms with Gasteiger partial charge in [-0.15, -0.1) is 0 Å². The van der Waals surface area contributed by atoms with Crippen LogP contribution in [0.2, 0.25) is 0 Å². The van der Waals surface area contributed by atoms with E-state index in [0.29, 0.717) is 11.5 Å². The monoisotopic (exact) mass is 500 g/mol. The number of oxazole rings is 1. The summed E-state index contributed by atoms with van der Waals surface area (Å²) in [6, 6.07) is 3.54. The molecule has 192 valence electrons. The number of nitrogens with one attached hydrogen (secondary N) is 1. The van der Waals surface area contributed by atoms with Gasteiger partial charge in [-0.25, -0.2) is 18.7 Å². The van der Waals surface area contributed by atoms with Crippen LogP contribution in [0, 0.1) is 11.8 Å². The van der Waals surface area contributed by atoms with Crippen molar-refractivity contribution in [1.29, 1.82) is 0 Å². The smallest absolute Gasteiger partial charge is 0.284 e. The van der Waals surface area contributed by atoms with Gasteiger partial charge in [-0.3, -0.25) is 9.48 Å². The molecule has 0 aromatic carbocycles. The lowest BCUT2D eigenvalue weighted by atomic mass is 9.87. The van der Waals surface area contributed by atoms with Crippen LogP contribution in [-0.4, -0.2) is 51.0 Å². The van der Waals surface area contributed by atoms with Gasteiger partial charge in [-0.1, -0.05) is 0 Å². The Kier molecular flexibility index (Phi) is 6.99. The van der Waals surface area contributed by atoms with Gasteiger partial charge >= 0.3 is 0 Å². The Bertz CT molecular complexity index is 1200. The number of halogens is 2. The van der Waals surface area contributed by atoms with Gasteiger partial charge in [-0.2, -0.15) is 5.10 Å². The van der Waals surface area contributed by atoms with Crippen molar-refractivity contribution in [2.45, 2.75) is 51.0 Å². The molecule has 0 radical (unpaired) electrons. The molecule has 36 heavy (non-hydrogen) atoms. The van der Waals surface area contributed by atoms with Gasteiger partial charge in [0.2, 0.25) is 5.89 Å². The number of aromatic nitrogens is 4. The van der Waals surface area contributed by atoms with Crippen molar-refractivity contribution >= 4 is 17.4 Å².